The zero-order valence-corrected chi connectivity index (χ0v) is 12.6. The van der Waals surface area contributed by atoms with Gasteiger partial charge in [0.15, 0.2) is 0 Å². The lowest BCUT2D eigenvalue weighted by molar-refractivity contribution is 0.0697. The Morgan fingerprint density at radius 3 is 2.81 bits per heavy atom. The van der Waals surface area contributed by atoms with Crippen LogP contribution in [0, 0.1) is 12.7 Å². The van der Waals surface area contributed by atoms with Crippen LogP contribution < -0.4 is 0 Å². The molecule has 0 radical (unpaired) electrons. The van der Waals surface area contributed by atoms with E-state index >= 15 is 0 Å². The lowest BCUT2D eigenvalue weighted by Crippen LogP contribution is -1.99. The number of aryl methyl sites for hydroxylation is 1. The smallest absolute Gasteiger partial charge is 0.335 e. The van der Waals surface area contributed by atoms with Crippen molar-refractivity contribution in [3.05, 3.63) is 58.1 Å². The number of aromatic carboxylic acids is 1. The third kappa shape index (κ3) is 2.31. The first kappa shape index (κ1) is 13.8. The van der Waals surface area contributed by atoms with E-state index in [9.17, 15) is 9.18 Å². The first-order valence-corrected chi connectivity index (χ1v) is 6.93. The average molecular weight is 349 g/mol. The van der Waals surface area contributed by atoms with Gasteiger partial charge >= 0.3 is 5.97 Å². The molecule has 0 aliphatic heterocycles. The summed E-state index contributed by atoms with van der Waals surface area (Å²) in [6.45, 7) is 1.85. The molecule has 0 aliphatic rings. The number of fused-ring (bicyclic) bond motifs is 1. The number of hydrogen-bond acceptors (Lipinski definition) is 2. The van der Waals surface area contributed by atoms with Crippen LogP contribution in [0.2, 0.25) is 0 Å². The van der Waals surface area contributed by atoms with Crippen molar-refractivity contribution in [1.29, 1.82) is 0 Å². The van der Waals surface area contributed by atoms with Crippen molar-refractivity contribution in [3.8, 4) is 5.69 Å². The van der Waals surface area contributed by atoms with Crippen LogP contribution in [-0.4, -0.2) is 20.6 Å². The fraction of sp³-hybridized carbons (Fsp3) is 0.0667. The standard InChI is InChI=1S/C15H10BrFN2O2/c1-8-4-10(16)11(17)6-13(8)19-7-18-12-3-2-9(15(20)21)5-14(12)19/h2-7H,1H3,(H,20,21). The number of aromatic nitrogens is 2. The van der Waals surface area contributed by atoms with Crippen molar-refractivity contribution < 1.29 is 14.3 Å². The van der Waals surface area contributed by atoms with E-state index in [0.29, 0.717) is 21.2 Å². The summed E-state index contributed by atoms with van der Waals surface area (Å²) in [4.78, 5) is 15.3. The molecule has 0 spiro atoms. The largest absolute Gasteiger partial charge is 0.478 e. The van der Waals surface area contributed by atoms with Gasteiger partial charge in [0.25, 0.3) is 0 Å². The second-order valence-electron chi connectivity index (χ2n) is 4.68. The van der Waals surface area contributed by atoms with E-state index in [2.05, 4.69) is 20.9 Å². The highest BCUT2D eigenvalue weighted by atomic mass is 79.9. The van der Waals surface area contributed by atoms with Gasteiger partial charge in [0.05, 0.1) is 26.8 Å². The van der Waals surface area contributed by atoms with Gasteiger partial charge < -0.3 is 5.11 Å². The first-order valence-electron chi connectivity index (χ1n) is 6.14. The highest BCUT2D eigenvalue weighted by Crippen LogP contribution is 2.26. The van der Waals surface area contributed by atoms with Crippen LogP contribution in [0.25, 0.3) is 16.7 Å². The Labute approximate surface area is 128 Å². The molecule has 1 aromatic heterocycles. The molecule has 0 aliphatic carbocycles. The van der Waals surface area contributed by atoms with Crippen molar-refractivity contribution in [2.24, 2.45) is 0 Å². The first-order chi connectivity index (χ1) is 9.97. The molecule has 3 aromatic rings. The van der Waals surface area contributed by atoms with Gasteiger partial charge in [0.2, 0.25) is 0 Å². The third-order valence-corrected chi connectivity index (χ3v) is 3.90. The Morgan fingerprint density at radius 2 is 2.10 bits per heavy atom. The average Bonchev–Trinajstić information content (AvgIpc) is 2.85. The molecular weight excluding hydrogens is 339 g/mol. The number of halogens is 2. The molecule has 0 bridgehead atoms. The van der Waals surface area contributed by atoms with Crippen LogP contribution in [0.4, 0.5) is 4.39 Å². The zero-order chi connectivity index (χ0) is 15.1. The van der Waals surface area contributed by atoms with E-state index in [1.807, 2.05) is 6.92 Å². The number of hydrogen-bond donors (Lipinski definition) is 1. The molecule has 1 N–H and O–H groups in total. The van der Waals surface area contributed by atoms with Gasteiger partial charge in [-0.3, -0.25) is 4.57 Å². The maximum atomic E-state index is 13.8. The molecule has 0 saturated heterocycles. The van der Waals surface area contributed by atoms with Crippen LogP contribution >= 0.6 is 15.9 Å². The van der Waals surface area contributed by atoms with Crippen molar-refractivity contribution in [2.75, 3.05) is 0 Å². The summed E-state index contributed by atoms with van der Waals surface area (Å²) >= 11 is 3.15. The number of carbonyl (C=O) groups is 1. The van der Waals surface area contributed by atoms with E-state index in [0.717, 1.165) is 5.56 Å². The molecule has 0 amide bonds. The van der Waals surface area contributed by atoms with Gasteiger partial charge in [-0.25, -0.2) is 14.2 Å². The number of carboxylic acid groups (broad SMARTS) is 1. The Morgan fingerprint density at radius 1 is 1.33 bits per heavy atom. The molecule has 2 aromatic carbocycles. The van der Waals surface area contributed by atoms with Gasteiger partial charge in [0, 0.05) is 0 Å². The van der Waals surface area contributed by atoms with Gasteiger partial charge in [-0.2, -0.15) is 0 Å². The zero-order valence-electron chi connectivity index (χ0n) is 11.0. The maximum Gasteiger partial charge on any atom is 0.335 e. The number of rotatable bonds is 2. The van der Waals surface area contributed by atoms with E-state index in [1.165, 1.54) is 18.2 Å². The summed E-state index contributed by atoms with van der Waals surface area (Å²) in [5.74, 6) is -1.39. The SMILES string of the molecule is Cc1cc(Br)c(F)cc1-n1cnc2ccc(C(=O)O)cc21. The molecule has 0 atom stereocenters. The quantitative estimate of drug-likeness (QED) is 0.763. The topological polar surface area (TPSA) is 55.1 Å². The van der Waals surface area contributed by atoms with Crippen molar-refractivity contribution in [3.63, 3.8) is 0 Å². The van der Waals surface area contributed by atoms with Crippen LogP contribution in [0.15, 0.2) is 41.1 Å². The maximum absolute atomic E-state index is 13.8. The summed E-state index contributed by atoms with van der Waals surface area (Å²) in [5.41, 5.74) is 2.92. The number of imidazole rings is 1. The molecule has 21 heavy (non-hydrogen) atoms. The predicted molar refractivity (Wildman–Crippen MR) is 80.4 cm³/mol. The normalized spacial score (nSPS) is 11.0. The minimum atomic E-state index is -1.01. The Bertz CT molecular complexity index is 873. The summed E-state index contributed by atoms with van der Waals surface area (Å²) < 4.78 is 15.9. The van der Waals surface area contributed by atoms with Crippen LogP contribution in [0.5, 0.6) is 0 Å². The summed E-state index contributed by atoms with van der Waals surface area (Å²) in [5, 5.41) is 9.08. The number of nitrogens with zero attached hydrogens (tertiary/aromatic N) is 2. The highest BCUT2D eigenvalue weighted by molar-refractivity contribution is 9.10. The molecule has 1 heterocycles. The predicted octanol–water partition coefficient (Wildman–Crippen LogP) is 3.93. The van der Waals surface area contributed by atoms with Crippen LogP contribution in [-0.2, 0) is 0 Å². The Balaban J connectivity index is 2.27. The van der Waals surface area contributed by atoms with E-state index < -0.39 is 5.97 Å². The van der Waals surface area contributed by atoms with Crippen molar-refractivity contribution in [2.45, 2.75) is 6.92 Å². The lowest BCUT2D eigenvalue weighted by Gasteiger charge is -2.10. The van der Waals surface area contributed by atoms with Gasteiger partial charge in [-0.05, 0) is 58.7 Å². The van der Waals surface area contributed by atoms with E-state index in [-0.39, 0.29) is 11.4 Å². The molecule has 0 saturated carbocycles. The second kappa shape index (κ2) is 4.96. The molecule has 106 valence electrons. The second-order valence-corrected chi connectivity index (χ2v) is 5.53. The van der Waals surface area contributed by atoms with Gasteiger partial charge in [-0.1, -0.05) is 0 Å². The fourth-order valence-corrected chi connectivity index (χ4v) is 2.69. The monoisotopic (exact) mass is 348 g/mol. The molecule has 3 rings (SSSR count). The van der Waals surface area contributed by atoms with Gasteiger partial charge in [-0.15, -0.1) is 0 Å². The molecule has 0 unspecified atom stereocenters. The highest BCUT2D eigenvalue weighted by Gasteiger charge is 2.12. The summed E-state index contributed by atoms with van der Waals surface area (Å²) in [7, 11) is 0. The molecule has 0 fully saturated rings. The lowest BCUT2D eigenvalue weighted by atomic mass is 10.1. The fourth-order valence-electron chi connectivity index (χ4n) is 2.23. The third-order valence-electron chi connectivity index (χ3n) is 3.29. The van der Waals surface area contributed by atoms with E-state index in [1.54, 1.807) is 23.0 Å². The Hall–Kier alpha value is -2.21. The molecular formula is C15H10BrFN2O2. The van der Waals surface area contributed by atoms with E-state index in [4.69, 9.17) is 5.11 Å². The van der Waals surface area contributed by atoms with Crippen LogP contribution in [0.3, 0.4) is 0 Å². The van der Waals surface area contributed by atoms with Crippen molar-refractivity contribution in [1.82, 2.24) is 9.55 Å². The summed E-state index contributed by atoms with van der Waals surface area (Å²) in [6, 6.07) is 7.74. The summed E-state index contributed by atoms with van der Waals surface area (Å²) in [6.07, 6.45) is 1.56. The van der Waals surface area contributed by atoms with Crippen molar-refractivity contribution >= 4 is 32.9 Å². The van der Waals surface area contributed by atoms with Gasteiger partial charge in [0.1, 0.15) is 12.1 Å². The molecule has 4 nitrogen and oxygen atoms in total. The minimum Gasteiger partial charge on any atom is -0.478 e. The molecule has 6 heteroatoms. The minimum absolute atomic E-state index is 0.166. The van der Waals surface area contributed by atoms with Crippen LogP contribution in [0.1, 0.15) is 15.9 Å². The number of carboxylic acids is 1. The Kier molecular flexibility index (Phi) is 3.25. The number of benzene rings is 2.